The third-order valence-corrected chi connectivity index (χ3v) is 1.02. The topological polar surface area (TPSA) is 46.5 Å². The van der Waals surface area contributed by atoms with Crippen molar-refractivity contribution >= 4 is 17.6 Å². The predicted molar refractivity (Wildman–Crippen MR) is 33.4 cm³/mol. The monoisotopic (exact) mass is 152 g/mol. The normalized spacial score (nSPS) is 12.8. The Balaban J connectivity index is 3.46. The molecule has 4 heteroatoms. The van der Waals surface area contributed by atoms with Crippen LogP contribution in [0.2, 0.25) is 0 Å². The Bertz CT molecular complexity index is 94.2. The van der Waals surface area contributed by atoms with Crippen LogP contribution >= 0.6 is 11.6 Å². The van der Waals surface area contributed by atoms with Crippen molar-refractivity contribution in [3.05, 3.63) is 0 Å². The van der Waals surface area contributed by atoms with Crippen LogP contribution in [0.5, 0.6) is 0 Å². The SMILES string of the molecule is CCOC(=O)[C@@H](Cl)CO. The van der Waals surface area contributed by atoms with Crippen molar-refractivity contribution in [3.63, 3.8) is 0 Å². The molecule has 0 aliphatic heterocycles. The highest BCUT2D eigenvalue weighted by Crippen LogP contribution is 1.96. The summed E-state index contributed by atoms with van der Waals surface area (Å²) in [7, 11) is 0. The van der Waals surface area contributed by atoms with Crippen LogP contribution in [-0.4, -0.2) is 29.7 Å². The molecule has 0 heterocycles. The maximum Gasteiger partial charge on any atom is 0.326 e. The third-order valence-electron chi connectivity index (χ3n) is 0.703. The van der Waals surface area contributed by atoms with Crippen molar-refractivity contribution in [1.82, 2.24) is 0 Å². The zero-order valence-electron chi connectivity index (χ0n) is 5.13. The summed E-state index contributed by atoms with van der Waals surface area (Å²) in [5.74, 6) is -0.568. The first-order chi connectivity index (χ1) is 4.22. The lowest BCUT2D eigenvalue weighted by molar-refractivity contribution is -0.143. The lowest BCUT2D eigenvalue weighted by atomic mass is 10.4. The molecule has 0 spiro atoms. The van der Waals surface area contributed by atoms with Crippen LogP contribution in [0.25, 0.3) is 0 Å². The van der Waals surface area contributed by atoms with Gasteiger partial charge in [0, 0.05) is 0 Å². The molecule has 0 radical (unpaired) electrons. The van der Waals surface area contributed by atoms with Crippen molar-refractivity contribution < 1.29 is 14.6 Å². The number of aliphatic hydroxyl groups is 1. The standard InChI is InChI=1S/C5H9ClO3/c1-2-9-5(8)4(6)3-7/h4,7H,2-3H2,1H3/t4-/m0/s1. The minimum absolute atomic E-state index is 0.294. The van der Waals surface area contributed by atoms with E-state index in [1.165, 1.54) is 0 Å². The molecule has 0 aromatic heterocycles. The summed E-state index contributed by atoms with van der Waals surface area (Å²) in [5, 5.41) is 7.39. The van der Waals surface area contributed by atoms with Crippen molar-refractivity contribution in [3.8, 4) is 0 Å². The van der Waals surface area contributed by atoms with Gasteiger partial charge in [0.15, 0.2) is 5.38 Å². The van der Waals surface area contributed by atoms with Gasteiger partial charge in [-0.2, -0.15) is 0 Å². The molecule has 1 atom stereocenters. The van der Waals surface area contributed by atoms with Crippen LogP contribution in [0, 0.1) is 0 Å². The number of halogens is 1. The number of carbonyl (C=O) groups excluding carboxylic acids is 1. The Morgan fingerprint density at radius 2 is 2.44 bits per heavy atom. The van der Waals surface area contributed by atoms with E-state index in [-0.39, 0.29) is 6.61 Å². The zero-order chi connectivity index (χ0) is 7.28. The number of alkyl halides is 1. The van der Waals surface area contributed by atoms with Gasteiger partial charge in [0.05, 0.1) is 13.2 Å². The third kappa shape index (κ3) is 3.32. The molecule has 1 N–H and O–H groups in total. The van der Waals surface area contributed by atoms with Crippen LogP contribution in [0.3, 0.4) is 0 Å². The van der Waals surface area contributed by atoms with Crippen LogP contribution < -0.4 is 0 Å². The first-order valence-electron chi connectivity index (χ1n) is 2.64. The van der Waals surface area contributed by atoms with Gasteiger partial charge in [0.1, 0.15) is 0 Å². The molecule has 0 aliphatic rings. The van der Waals surface area contributed by atoms with Crippen LogP contribution in [0.1, 0.15) is 6.92 Å². The zero-order valence-corrected chi connectivity index (χ0v) is 5.89. The number of hydrogen-bond donors (Lipinski definition) is 1. The van der Waals surface area contributed by atoms with E-state index in [1.807, 2.05) is 0 Å². The van der Waals surface area contributed by atoms with Gasteiger partial charge < -0.3 is 9.84 Å². The molecular weight excluding hydrogens is 144 g/mol. The minimum Gasteiger partial charge on any atom is -0.465 e. The molecule has 54 valence electrons. The van der Waals surface area contributed by atoms with E-state index in [9.17, 15) is 4.79 Å². The van der Waals surface area contributed by atoms with E-state index in [1.54, 1.807) is 6.92 Å². The van der Waals surface area contributed by atoms with Crippen LogP contribution in [0.4, 0.5) is 0 Å². The molecule has 0 aromatic rings. The number of carbonyl (C=O) groups is 1. The average molecular weight is 153 g/mol. The molecule has 0 aliphatic carbocycles. The highest BCUT2D eigenvalue weighted by Gasteiger charge is 2.13. The molecule has 0 unspecified atom stereocenters. The van der Waals surface area contributed by atoms with Gasteiger partial charge in [-0.25, -0.2) is 0 Å². The number of hydrogen-bond acceptors (Lipinski definition) is 3. The molecule has 0 rings (SSSR count). The van der Waals surface area contributed by atoms with E-state index >= 15 is 0 Å². The highest BCUT2D eigenvalue weighted by molar-refractivity contribution is 6.30. The van der Waals surface area contributed by atoms with Gasteiger partial charge >= 0.3 is 5.97 Å². The molecule has 0 saturated heterocycles. The lowest BCUT2D eigenvalue weighted by Crippen LogP contribution is -2.21. The summed E-state index contributed by atoms with van der Waals surface area (Å²) in [6.45, 7) is 1.60. The van der Waals surface area contributed by atoms with Gasteiger partial charge in [-0.05, 0) is 6.92 Å². The van der Waals surface area contributed by atoms with Gasteiger partial charge in [0.25, 0.3) is 0 Å². The fourth-order valence-corrected chi connectivity index (χ4v) is 0.370. The van der Waals surface area contributed by atoms with E-state index in [2.05, 4.69) is 4.74 Å². The number of ether oxygens (including phenoxy) is 1. The summed E-state index contributed by atoms with van der Waals surface area (Å²) < 4.78 is 4.46. The maximum absolute atomic E-state index is 10.5. The molecular formula is C5H9ClO3. The predicted octanol–water partition coefficient (Wildman–Crippen LogP) is 0.149. The number of aliphatic hydroxyl groups excluding tert-OH is 1. The largest absolute Gasteiger partial charge is 0.465 e. The second-order valence-corrected chi connectivity index (χ2v) is 1.93. The number of rotatable bonds is 3. The molecule has 3 nitrogen and oxygen atoms in total. The Labute approximate surface area is 58.6 Å². The maximum atomic E-state index is 10.5. The van der Waals surface area contributed by atoms with Gasteiger partial charge in [-0.1, -0.05) is 0 Å². The fraction of sp³-hybridized carbons (Fsp3) is 0.800. The van der Waals surface area contributed by atoms with Gasteiger partial charge in [0.2, 0.25) is 0 Å². The average Bonchev–Trinajstić information content (AvgIpc) is 1.87. The summed E-state index contributed by atoms with van der Waals surface area (Å²) in [6, 6.07) is 0. The van der Waals surface area contributed by atoms with Crippen molar-refractivity contribution in [2.75, 3.05) is 13.2 Å². The van der Waals surface area contributed by atoms with E-state index in [0.717, 1.165) is 0 Å². The molecule has 0 saturated carbocycles. The summed E-state index contributed by atoms with van der Waals surface area (Å²) >= 11 is 5.27. The Hall–Kier alpha value is -0.280. The van der Waals surface area contributed by atoms with Crippen molar-refractivity contribution in [2.24, 2.45) is 0 Å². The fourth-order valence-electron chi connectivity index (χ4n) is 0.307. The summed E-state index contributed by atoms with van der Waals surface area (Å²) in [6.07, 6.45) is 0. The number of esters is 1. The minimum atomic E-state index is -0.912. The van der Waals surface area contributed by atoms with Crippen LogP contribution in [0.15, 0.2) is 0 Å². The first-order valence-corrected chi connectivity index (χ1v) is 3.07. The van der Waals surface area contributed by atoms with Gasteiger partial charge in [-0.3, -0.25) is 4.79 Å². The summed E-state index contributed by atoms with van der Waals surface area (Å²) in [4.78, 5) is 10.5. The van der Waals surface area contributed by atoms with E-state index < -0.39 is 11.3 Å². The molecule has 9 heavy (non-hydrogen) atoms. The lowest BCUT2D eigenvalue weighted by Gasteiger charge is -2.03. The highest BCUT2D eigenvalue weighted by atomic mass is 35.5. The molecule has 0 bridgehead atoms. The van der Waals surface area contributed by atoms with Crippen LogP contribution in [-0.2, 0) is 9.53 Å². The second kappa shape index (κ2) is 4.58. The Kier molecular flexibility index (Phi) is 4.44. The molecule has 0 aromatic carbocycles. The Morgan fingerprint density at radius 3 is 2.78 bits per heavy atom. The van der Waals surface area contributed by atoms with E-state index in [4.69, 9.17) is 16.7 Å². The van der Waals surface area contributed by atoms with Gasteiger partial charge in [-0.15, -0.1) is 11.6 Å². The Morgan fingerprint density at radius 1 is 1.89 bits per heavy atom. The first kappa shape index (κ1) is 8.72. The molecule has 0 fully saturated rings. The smallest absolute Gasteiger partial charge is 0.326 e. The quantitative estimate of drug-likeness (QED) is 0.463. The van der Waals surface area contributed by atoms with Crippen molar-refractivity contribution in [1.29, 1.82) is 0 Å². The van der Waals surface area contributed by atoms with E-state index in [0.29, 0.717) is 6.61 Å². The second-order valence-electron chi connectivity index (χ2n) is 1.40. The molecule has 0 amide bonds. The summed E-state index contributed by atoms with van der Waals surface area (Å²) in [5.41, 5.74) is 0. The van der Waals surface area contributed by atoms with Crippen molar-refractivity contribution in [2.45, 2.75) is 12.3 Å².